The summed E-state index contributed by atoms with van der Waals surface area (Å²) in [4.78, 5) is 5.10. The first-order valence-corrected chi connectivity index (χ1v) is 9.37. The lowest BCUT2D eigenvalue weighted by molar-refractivity contribution is 0.0616. The lowest BCUT2D eigenvalue weighted by Crippen LogP contribution is -2.52. The Balaban J connectivity index is 1.70. The van der Waals surface area contributed by atoms with Gasteiger partial charge in [-0.2, -0.15) is 10.5 Å². The molecule has 0 amide bonds. The summed E-state index contributed by atoms with van der Waals surface area (Å²) in [6, 6.07) is 5.31. The molecule has 0 aromatic rings. The number of hydrogen-bond acceptors (Lipinski definition) is 4. The molecule has 0 aromatic heterocycles. The highest BCUT2D eigenvalue weighted by Gasteiger charge is 2.29. The minimum atomic E-state index is 0.0164. The van der Waals surface area contributed by atoms with Crippen LogP contribution in [-0.4, -0.2) is 48.6 Å². The van der Waals surface area contributed by atoms with E-state index >= 15 is 0 Å². The first-order valence-electron chi connectivity index (χ1n) is 9.37. The zero-order valence-electron chi connectivity index (χ0n) is 14.9. The van der Waals surface area contributed by atoms with Gasteiger partial charge in [0.2, 0.25) is 0 Å². The van der Waals surface area contributed by atoms with Crippen molar-refractivity contribution < 1.29 is 0 Å². The molecule has 1 aliphatic heterocycles. The molecule has 4 nitrogen and oxygen atoms in total. The second kappa shape index (κ2) is 9.26. The third-order valence-corrected chi connectivity index (χ3v) is 5.87. The van der Waals surface area contributed by atoms with Crippen molar-refractivity contribution in [1.29, 1.82) is 10.5 Å². The van der Waals surface area contributed by atoms with Crippen LogP contribution < -0.4 is 0 Å². The van der Waals surface area contributed by atoms with E-state index in [0.29, 0.717) is 12.8 Å². The van der Waals surface area contributed by atoms with Crippen LogP contribution in [0.4, 0.5) is 0 Å². The minimum absolute atomic E-state index is 0.0164. The first-order chi connectivity index (χ1) is 11.1. The molecule has 1 aliphatic carbocycles. The summed E-state index contributed by atoms with van der Waals surface area (Å²) >= 11 is 0. The highest BCUT2D eigenvalue weighted by atomic mass is 15.3. The van der Waals surface area contributed by atoms with E-state index in [1.807, 2.05) is 0 Å². The molecular formula is C19H32N4. The monoisotopic (exact) mass is 316 g/mol. The Labute approximate surface area is 142 Å². The summed E-state index contributed by atoms with van der Waals surface area (Å²) in [6.07, 6.45) is 6.74. The summed E-state index contributed by atoms with van der Waals surface area (Å²) in [6.45, 7) is 10.0. The quantitative estimate of drug-likeness (QED) is 0.755. The lowest BCUT2D eigenvalue weighted by Gasteiger charge is -2.42. The largest absolute Gasteiger partial charge is 0.299 e. The van der Waals surface area contributed by atoms with Gasteiger partial charge in [0.25, 0.3) is 0 Å². The molecule has 0 radical (unpaired) electrons. The maximum Gasteiger partial charge on any atom is 0.0669 e. The molecule has 2 aliphatic rings. The minimum Gasteiger partial charge on any atom is -0.299 e. The van der Waals surface area contributed by atoms with Crippen molar-refractivity contribution >= 4 is 0 Å². The Bertz CT molecular complexity index is 418. The number of piperazine rings is 1. The van der Waals surface area contributed by atoms with E-state index in [2.05, 4.69) is 35.8 Å². The van der Waals surface area contributed by atoms with Gasteiger partial charge < -0.3 is 0 Å². The van der Waals surface area contributed by atoms with Gasteiger partial charge in [0.05, 0.1) is 18.1 Å². The van der Waals surface area contributed by atoms with Gasteiger partial charge in [0, 0.05) is 45.2 Å². The number of rotatable bonds is 6. The zero-order chi connectivity index (χ0) is 16.7. The van der Waals surface area contributed by atoms with Crippen molar-refractivity contribution in [3.05, 3.63) is 0 Å². The molecule has 23 heavy (non-hydrogen) atoms. The third kappa shape index (κ3) is 5.48. The Morgan fingerprint density at radius 2 is 1.65 bits per heavy atom. The fourth-order valence-corrected chi connectivity index (χ4v) is 4.19. The van der Waals surface area contributed by atoms with Gasteiger partial charge in [-0.1, -0.05) is 13.8 Å². The van der Waals surface area contributed by atoms with Crippen molar-refractivity contribution in [1.82, 2.24) is 9.80 Å². The van der Waals surface area contributed by atoms with E-state index in [0.717, 1.165) is 50.6 Å². The standard InChI is InChI=1S/C19H32N4/c1-16(2)18-5-7-19(8-6-18)23-12-10-22(11-13-23)15-17(14-21)4-3-9-20/h16-19H,3-8,10-13,15H2,1-2H3/t17-,18?,19?/m0/s1. The van der Waals surface area contributed by atoms with E-state index < -0.39 is 0 Å². The van der Waals surface area contributed by atoms with Crippen LogP contribution in [0.1, 0.15) is 52.4 Å². The van der Waals surface area contributed by atoms with E-state index in [1.54, 1.807) is 0 Å². The van der Waals surface area contributed by atoms with Crippen LogP contribution in [0.2, 0.25) is 0 Å². The SMILES string of the molecule is CC(C)C1CCC(N2CCN(C[C@H](C#N)CCC#N)CC2)CC1. The number of nitrogens with zero attached hydrogens (tertiary/aromatic N) is 4. The zero-order valence-corrected chi connectivity index (χ0v) is 14.9. The molecule has 2 rings (SSSR count). The molecule has 1 saturated heterocycles. The van der Waals surface area contributed by atoms with Gasteiger partial charge in [0.1, 0.15) is 0 Å². The predicted octanol–water partition coefficient (Wildman–Crippen LogP) is 3.26. The van der Waals surface area contributed by atoms with Crippen molar-refractivity contribution in [2.24, 2.45) is 17.8 Å². The van der Waals surface area contributed by atoms with Crippen molar-refractivity contribution in [3.63, 3.8) is 0 Å². The molecule has 1 heterocycles. The van der Waals surface area contributed by atoms with Gasteiger partial charge in [-0.15, -0.1) is 0 Å². The summed E-state index contributed by atoms with van der Waals surface area (Å²) in [5.74, 6) is 1.79. The highest BCUT2D eigenvalue weighted by molar-refractivity contribution is 4.90. The molecule has 0 spiro atoms. The van der Waals surface area contributed by atoms with Crippen LogP contribution in [0.15, 0.2) is 0 Å². The molecule has 1 saturated carbocycles. The van der Waals surface area contributed by atoms with Crippen molar-refractivity contribution in [3.8, 4) is 12.1 Å². The van der Waals surface area contributed by atoms with Crippen molar-refractivity contribution in [2.45, 2.75) is 58.4 Å². The smallest absolute Gasteiger partial charge is 0.0669 e. The van der Waals surface area contributed by atoms with E-state index in [9.17, 15) is 5.26 Å². The molecule has 0 N–H and O–H groups in total. The van der Waals surface area contributed by atoms with E-state index in [4.69, 9.17) is 5.26 Å². The normalized spacial score (nSPS) is 28.2. The molecule has 0 aromatic carbocycles. The number of nitriles is 2. The second-order valence-corrected chi connectivity index (χ2v) is 7.67. The Morgan fingerprint density at radius 1 is 1.00 bits per heavy atom. The van der Waals surface area contributed by atoms with Crippen LogP contribution >= 0.6 is 0 Å². The summed E-state index contributed by atoms with van der Waals surface area (Å²) in [5.41, 5.74) is 0. The van der Waals surface area contributed by atoms with Crippen LogP contribution in [0.3, 0.4) is 0 Å². The highest BCUT2D eigenvalue weighted by Crippen LogP contribution is 2.32. The fourth-order valence-electron chi connectivity index (χ4n) is 4.19. The average molecular weight is 316 g/mol. The van der Waals surface area contributed by atoms with Gasteiger partial charge in [0.15, 0.2) is 0 Å². The Morgan fingerprint density at radius 3 is 2.17 bits per heavy atom. The molecule has 128 valence electrons. The van der Waals surface area contributed by atoms with Crippen LogP contribution in [0.5, 0.6) is 0 Å². The second-order valence-electron chi connectivity index (χ2n) is 7.67. The van der Waals surface area contributed by atoms with Crippen LogP contribution in [-0.2, 0) is 0 Å². The Kier molecular flexibility index (Phi) is 7.34. The van der Waals surface area contributed by atoms with Crippen molar-refractivity contribution in [2.75, 3.05) is 32.7 Å². The maximum atomic E-state index is 9.21. The molecular weight excluding hydrogens is 284 g/mol. The maximum absolute atomic E-state index is 9.21. The summed E-state index contributed by atoms with van der Waals surface area (Å²) in [7, 11) is 0. The molecule has 0 bridgehead atoms. The first kappa shape index (κ1) is 18.2. The van der Waals surface area contributed by atoms with Crippen LogP contribution in [0.25, 0.3) is 0 Å². The average Bonchev–Trinajstić information content (AvgIpc) is 2.59. The van der Waals surface area contributed by atoms with E-state index in [-0.39, 0.29) is 5.92 Å². The van der Waals surface area contributed by atoms with Gasteiger partial charge in [-0.25, -0.2) is 0 Å². The predicted molar refractivity (Wildman–Crippen MR) is 92.5 cm³/mol. The molecule has 1 atom stereocenters. The van der Waals surface area contributed by atoms with Gasteiger partial charge >= 0.3 is 0 Å². The summed E-state index contributed by atoms with van der Waals surface area (Å²) in [5, 5.41) is 17.9. The van der Waals surface area contributed by atoms with E-state index in [1.165, 1.54) is 25.7 Å². The molecule has 2 fully saturated rings. The lowest BCUT2D eigenvalue weighted by atomic mass is 9.79. The number of hydrogen-bond donors (Lipinski definition) is 0. The fraction of sp³-hybridized carbons (Fsp3) is 0.895. The van der Waals surface area contributed by atoms with Crippen LogP contribution in [0, 0.1) is 40.4 Å². The Hall–Kier alpha value is -1.10. The van der Waals surface area contributed by atoms with Gasteiger partial charge in [-0.3, -0.25) is 9.80 Å². The van der Waals surface area contributed by atoms with Gasteiger partial charge in [-0.05, 0) is 43.9 Å². The molecule has 4 heteroatoms. The third-order valence-electron chi connectivity index (χ3n) is 5.87. The summed E-state index contributed by atoms with van der Waals surface area (Å²) < 4.78 is 0. The molecule has 0 unspecified atom stereocenters. The topological polar surface area (TPSA) is 54.1 Å².